The molecule has 1 aliphatic carbocycles. The molecule has 1 aliphatic rings. The van der Waals surface area contributed by atoms with Crippen molar-refractivity contribution in [1.29, 1.82) is 0 Å². The van der Waals surface area contributed by atoms with Crippen molar-refractivity contribution < 1.29 is 13.2 Å². The van der Waals surface area contributed by atoms with E-state index in [0.29, 0.717) is 12.1 Å². The molecule has 0 amide bonds. The lowest BCUT2D eigenvalue weighted by molar-refractivity contribution is 0.210. The summed E-state index contributed by atoms with van der Waals surface area (Å²) in [4.78, 5) is 1.73. The number of halogens is 3. The molecule has 0 aromatic rings. The highest BCUT2D eigenvalue weighted by Crippen LogP contribution is 2.24. The van der Waals surface area contributed by atoms with Gasteiger partial charge in [0.05, 0.1) is 0 Å². The molecule has 0 radical (unpaired) electrons. The van der Waals surface area contributed by atoms with Gasteiger partial charge < -0.3 is 10.2 Å². The summed E-state index contributed by atoms with van der Waals surface area (Å²) in [6.07, 6.45) is 1.67. The van der Waals surface area contributed by atoms with Crippen LogP contribution in [-0.2, 0) is 0 Å². The van der Waals surface area contributed by atoms with E-state index >= 15 is 0 Å². The summed E-state index contributed by atoms with van der Waals surface area (Å²) in [7, 11) is 1.78. The summed E-state index contributed by atoms with van der Waals surface area (Å²) in [5.41, 5.74) is 1.51. The molecule has 106 valence electrons. The highest BCUT2D eigenvalue weighted by molar-refractivity contribution is 5.22. The molecule has 0 fully saturated rings. The fourth-order valence-electron chi connectivity index (χ4n) is 1.70. The van der Waals surface area contributed by atoms with Crippen molar-refractivity contribution in [3.05, 3.63) is 48.2 Å². The minimum Gasteiger partial charge on any atom is -0.390 e. The maximum atomic E-state index is 13.4. The highest BCUT2D eigenvalue weighted by atomic mass is 19.2. The second-order valence-corrected chi connectivity index (χ2v) is 4.38. The third-order valence-electron chi connectivity index (χ3n) is 2.87. The van der Waals surface area contributed by atoms with Gasteiger partial charge in [0.1, 0.15) is 5.83 Å². The molecular formula is C14H19F3N2. The molecule has 5 heteroatoms. The van der Waals surface area contributed by atoms with Crippen molar-refractivity contribution in [3.63, 3.8) is 0 Å². The van der Waals surface area contributed by atoms with Crippen LogP contribution in [-0.4, -0.2) is 30.8 Å². The number of nitrogens with zero attached hydrogens (tertiary/aromatic N) is 1. The molecule has 0 spiro atoms. The van der Waals surface area contributed by atoms with E-state index in [1.807, 2.05) is 6.92 Å². The van der Waals surface area contributed by atoms with Crippen molar-refractivity contribution in [2.75, 3.05) is 13.6 Å². The van der Waals surface area contributed by atoms with Crippen LogP contribution in [0.5, 0.6) is 0 Å². The number of rotatable bonds is 5. The van der Waals surface area contributed by atoms with Crippen LogP contribution in [0.25, 0.3) is 0 Å². The Hall–Kier alpha value is -1.65. The van der Waals surface area contributed by atoms with Crippen molar-refractivity contribution >= 4 is 0 Å². The summed E-state index contributed by atoms with van der Waals surface area (Å²) >= 11 is 0. The Morgan fingerprint density at radius 2 is 2.26 bits per heavy atom. The van der Waals surface area contributed by atoms with Crippen LogP contribution in [0.1, 0.15) is 13.3 Å². The SMILES string of the molecule is C=CN(/C=C(\C)NC)CC1=CC(F)C(F)C(F)=CC1. The summed E-state index contributed by atoms with van der Waals surface area (Å²) in [5, 5.41) is 2.95. The fraction of sp³-hybridized carbons (Fsp3) is 0.429. The molecule has 0 saturated carbocycles. The Morgan fingerprint density at radius 3 is 2.84 bits per heavy atom. The van der Waals surface area contributed by atoms with E-state index < -0.39 is 18.2 Å². The van der Waals surface area contributed by atoms with Crippen LogP contribution in [0.3, 0.4) is 0 Å². The topological polar surface area (TPSA) is 15.3 Å². The molecule has 1 N–H and O–H groups in total. The first-order valence-electron chi connectivity index (χ1n) is 6.05. The molecule has 2 unspecified atom stereocenters. The van der Waals surface area contributed by atoms with Gasteiger partial charge in [0.25, 0.3) is 0 Å². The van der Waals surface area contributed by atoms with Gasteiger partial charge in [-0.1, -0.05) is 6.58 Å². The summed E-state index contributed by atoms with van der Waals surface area (Å²) in [6.45, 7) is 5.87. The molecule has 0 aromatic carbocycles. The second-order valence-electron chi connectivity index (χ2n) is 4.38. The van der Waals surface area contributed by atoms with Gasteiger partial charge >= 0.3 is 0 Å². The van der Waals surface area contributed by atoms with Crippen LogP contribution in [0, 0.1) is 0 Å². The maximum absolute atomic E-state index is 13.4. The molecule has 2 nitrogen and oxygen atoms in total. The predicted molar refractivity (Wildman–Crippen MR) is 71.4 cm³/mol. The average molecular weight is 272 g/mol. The zero-order valence-corrected chi connectivity index (χ0v) is 11.2. The molecule has 1 rings (SSSR count). The highest BCUT2D eigenvalue weighted by Gasteiger charge is 2.26. The molecule has 0 aromatic heterocycles. The standard InChI is InChI=1S/C14H19F3N2/c1-4-19(8-10(2)18-3)9-11-5-6-12(15)14(17)13(16)7-11/h4,6-8,13-14,18H,1,5,9H2,2-3H3/b10-8+. The zero-order chi connectivity index (χ0) is 14.4. The Kier molecular flexibility index (Phi) is 5.73. The second kappa shape index (κ2) is 7.07. The summed E-state index contributed by atoms with van der Waals surface area (Å²) in [5.74, 6) is -1.04. The first kappa shape index (κ1) is 15.4. The first-order chi connectivity index (χ1) is 8.97. The van der Waals surface area contributed by atoms with E-state index in [1.165, 1.54) is 0 Å². The van der Waals surface area contributed by atoms with Gasteiger partial charge in [0, 0.05) is 25.5 Å². The van der Waals surface area contributed by atoms with Crippen LogP contribution in [0.15, 0.2) is 48.2 Å². The van der Waals surface area contributed by atoms with E-state index in [4.69, 9.17) is 0 Å². The quantitative estimate of drug-likeness (QED) is 0.772. The minimum atomic E-state index is -2.19. The number of alkyl halides is 2. The average Bonchev–Trinajstić information content (AvgIpc) is 2.52. The monoisotopic (exact) mass is 272 g/mol. The minimum absolute atomic E-state index is 0.198. The zero-order valence-electron chi connectivity index (χ0n) is 11.2. The third kappa shape index (κ3) is 4.50. The molecule has 0 saturated heterocycles. The van der Waals surface area contributed by atoms with E-state index in [1.54, 1.807) is 24.3 Å². The molecule has 0 aliphatic heterocycles. The lowest BCUT2D eigenvalue weighted by atomic mass is 10.1. The van der Waals surface area contributed by atoms with E-state index in [9.17, 15) is 13.2 Å². The van der Waals surface area contributed by atoms with Crippen LogP contribution in [0.2, 0.25) is 0 Å². The Bertz CT molecular complexity index is 413. The molecule has 2 atom stereocenters. The summed E-state index contributed by atoms with van der Waals surface area (Å²) < 4.78 is 39.7. The van der Waals surface area contributed by atoms with Crippen molar-refractivity contribution in [2.45, 2.75) is 25.7 Å². The van der Waals surface area contributed by atoms with Gasteiger partial charge in [-0.05, 0) is 37.3 Å². The molecule has 0 heterocycles. The fourth-order valence-corrected chi connectivity index (χ4v) is 1.70. The van der Waals surface area contributed by atoms with Crippen molar-refractivity contribution in [1.82, 2.24) is 10.2 Å². The number of nitrogens with one attached hydrogen (secondary N) is 1. The van der Waals surface area contributed by atoms with E-state index in [2.05, 4.69) is 11.9 Å². The lowest BCUT2D eigenvalue weighted by Gasteiger charge is -2.18. The van der Waals surface area contributed by atoms with Crippen molar-refractivity contribution in [3.8, 4) is 0 Å². The summed E-state index contributed by atoms with van der Waals surface area (Å²) in [6, 6.07) is 0. The molecule has 0 bridgehead atoms. The van der Waals surface area contributed by atoms with Gasteiger partial charge in [-0.2, -0.15) is 0 Å². The molecule has 19 heavy (non-hydrogen) atoms. The Balaban J connectivity index is 2.80. The van der Waals surface area contributed by atoms with Crippen LogP contribution < -0.4 is 5.32 Å². The maximum Gasteiger partial charge on any atom is 0.185 e. The normalized spacial score (nSPS) is 24.2. The first-order valence-corrected chi connectivity index (χ1v) is 6.05. The Morgan fingerprint density at radius 1 is 1.58 bits per heavy atom. The van der Waals surface area contributed by atoms with Gasteiger partial charge in [-0.3, -0.25) is 0 Å². The Labute approximate surface area is 112 Å². The smallest absolute Gasteiger partial charge is 0.185 e. The predicted octanol–water partition coefficient (Wildman–Crippen LogP) is 3.37. The van der Waals surface area contributed by atoms with Crippen LogP contribution in [0.4, 0.5) is 13.2 Å². The molecular weight excluding hydrogens is 253 g/mol. The van der Waals surface area contributed by atoms with E-state index in [-0.39, 0.29) is 6.42 Å². The lowest BCUT2D eigenvalue weighted by Crippen LogP contribution is -2.18. The van der Waals surface area contributed by atoms with Crippen LogP contribution >= 0.6 is 0 Å². The number of hydrogen-bond donors (Lipinski definition) is 1. The van der Waals surface area contributed by atoms with Gasteiger partial charge in [-0.15, -0.1) is 0 Å². The van der Waals surface area contributed by atoms with E-state index in [0.717, 1.165) is 17.8 Å². The van der Waals surface area contributed by atoms with Gasteiger partial charge in [0.15, 0.2) is 12.3 Å². The number of allylic oxidation sites excluding steroid dienone is 4. The largest absolute Gasteiger partial charge is 0.390 e. The van der Waals surface area contributed by atoms with Gasteiger partial charge in [0.2, 0.25) is 0 Å². The number of hydrogen-bond acceptors (Lipinski definition) is 2. The third-order valence-corrected chi connectivity index (χ3v) is 2.87. The van der Waals surface area contributed by atoms with Gasteiger partial charge in [-0.25, -0.2) is 13.2 Å². The van der Waals surface area contributed by atoms with Crippen molar-refractivity contribution in [2.24, 2.45) is 0 Å².